The number of rotatable bonds is 0. The van der Waals surface area contributed by atoms with Gasteiger partial charge in [0.2, 0.25) is 0 Å². The highest BCUT2D eigenvalue weighted by Gasteiger charge is 2.18. The van der Waals surface area contributed by atoms with E-state index in [0.29, 0.717) is 0 Å². The van der Waals surface area contributed by atoms with Crippen molar-refractivity contribution >= 4 is 5.69 Å². The summed E-state index contributed by atoms with van der Waals surface area (Å²) >= 11 is 0. The molecule has 1 aromatic rings. The summed E-state index contributed by atoms with van der Waals surface area (Å²) in [6.45, 7) is 1.07. The predicted molar refractivity (Wildman–Crippen MR) is 51.3 cm³/mol. The molecule has 1 aromatic carbocycles. The Balaban J connectivity index is 2.47. The van der Waals surface area contributed by atoms with E-state index in [4.69, 9.17) is 5.73 Å². The van der Waals surface area contributed by atoms with E-state index in [1.165, 1.54) is 11.3 Å². The van der Waals surface area contributed by atoms with Crippen molar-refractivity contribution in [3.63, 3.8) is 0 Å². The summed E-state index contributed by atoms with van der Waals surface area (Å²) in [4.78, 5) is 2.26. The highest BCUT2D eigenvalue weighted by Crippen LogP contribution is 2.30. The summed E-state index contributed by atoms with van der Waals surface area (Å²) < 4.78 is 0. The van der Waals surface area contributed by atoms with Crippen molar-refractivity contribution < 1.29 is 0 Å². The number of nitrogens with two attached hydrogens (primary N) is 1. The molecule has 0 aromatic heterocycles. The Kier molecular flexibility index (Phi) is 1.77. The van der Waals surface area contributed by atoms with Crippen molar-refractivity contribution in [3.05, 3.63) is 29.8 Å². The molecule has 0 amide bonds. The molecule has 12 heavy (non-hydrogen) atoms. The summed E-state index contributed by atoms with van der Waals surface area (Å²) in [5.41, 5.74) is 8.55. The van der Waals surface area contributed by atoms with Crippen molar-refractivity contribution in [2.75, 3.05) is 18.5 Å². The number of hydrogen-bond donors (Lipinski definition) is 1. The summed E-state index contributed by atoms with van der Waals surface area (Å²) in [6.07, 6.45) is 1.06. The van der Waals surface area contributed by atoms with E-state index in [2.05, 4.69) is 36.2 Å². The maximum atomic E-state index is 5.98. The third kappa shape index (κ3) is 1.08. The van der Waals surface area contributed by atoms with Gasteiger partial charge in [-0.25, -0.2) is 0 Å². The second kappa shape index (κ2) is 2.79. The minimum absolute atomic E-state index is 0.234. The number of fused-ring (bicyclic) bond motifs is 1. The molecular formula is C10H14N2. The molecule has 2 heteroatoms. The molecule has 0 saturated carbocycles. The van der Waals surface area contributed by atoms with Gasteiger partial charge in [0, 0.05) is 25.3 Å². The van der Waals surface area contributed by atoms with E-state index in [1.807, 2.05) is 0 Å². The fourth-order valence-electron chi connectivity index (χ4n) is 1.76. The molecular weight excluding hydrogens is 148 g/mol. The standard InChI is InChI=1S/C10H14N2/c1-12-7-6-9(11)8-4-2-3-5-10(8)12/h2-5,9H,6-7,11H2,1H3/t9-/m0/s1. The third-order valence-electron chi connectivity index (χ3n) is 2.52. The van der Waals surface area contributed by atoms with Crippen molar-refractivity contribution in [1.82, 2.24) is 0 Å². The molecule has 0 spiro atoms. The van der Waals surface area contributed by atoms with E-state index in [9.17, 15) is 0 Å². The van der Waals surface area contributed by atoms with Gasteiger partial charge < -0.3 is 10.6 Å². The lowest BCUT2D eigenvalue weighted by Crippen LogP contribution is -2.30. The van der Waals surface area contributed by atoms with Gasteiger partial charge in [-0.05, 0) is 18.1 Å². The topological polar surface area (TPSA) is 29.3 Å². The first-order chi connectivity index (χ1) is 5.79. The molecule has 1 aliphatic rings. The van der Waals surface area contributed by atoms with Gasteiger partial charge in [0.1, 0.15) is 0 Å². The van der Waals surface area contributed by atoms with E-state index >= 15 is 0 Å². The molecule has 64 valence electrons. The van der Waals surface area contributed by atoms with Crippen molar-refractivity contribution in [1.29, 1.82) is 0 Å². The average molecular weight is 162 g/mol. The van der Waals surface area contributed by atoms with Gasteiger partial charge in [-0.3, -0.25) is 0 Å². The minimum Gasteiger partial charge on any atom is -0.374 e. The van der Waals surface area contributed by atoms with Crippen LogP contribution in [0.1, 0.15) is 18.0 Å². The summed E-state index contributed by atoms with van der Waals surface area (Å²) in [5, 5.41) is 0. The highest BCUT2D eigenvalue weighted by atomic mass is 15.1. The summed E-state index contributed by atoms with van der Waals surface area (Å²) in [6, 6.07) is 8.60. The number of nitrogens with zero attached hydrogens (tertiary/aromatic N) is 1. The van der Waals surface area contributed by atoms with Crippen molar-refractivity contribution in [3.8, 4) is 0 Å². The normalized spacial score (nSPS) is 22.2. The van der Waals surface area contributed by atoms with Crippen molar-refractivity contribution in [2.24, 2.45) is 5.73 Å². The zero-order valence-electron chi connectivity index (χ0n) is 7.33. The SMILES string of the molecule is CN1CC[C@H](N)c2ccccc21. The van der Waals surface area contributed by atoms with Gasteiger partial charge in [0.15, 0.2) is 0 Å². The maximum Gasteiger partial charge on any atom is 0.0412 e. The van der Waals surface area contributed by atoms with Gasteiger partial charge in [0.05, 0.1) is 0 Å². The van der Waals surface area contributed by atoms with Crippen LogP contribution in [0, 0.1) is 0 Å². The zero-order chi connectivity index (χ0) is 8.55. The summed E-state index contributed by atoms with van der Waals surface area (Å²) in [7, 11) is 2.12. The molecule has 0 radical (unpaired) electrons. The number of anilines is 1. The predicted octanol–water partition coefficient (Wildman–Crippen LogP) is 1.53. The lowest BCUT2D eigenvalue weighted by molar-refractivity contribution is 0.614. The van der Waals surface area contributed by atoms with Crippen LogP contribution >= 0.6 is 0 Å². The van der Waals surface area contributed by atoms with E-state index < -0.39 is 0 Å². The van der Waals surface area contributed by atoms with Crippen LogP contribution in [0.25, 0.3) is 0 Å². The Morgan fingerprint density at radius 3 is 2.92 bits per heavy atom. The Morgan fingerprint density at radius 1 is 1.42 bits per heavy atom. The molecule has 0 fully saturated rings. The van der Waals surface area contributed by atoms with Crippen LogP contribution in [0.15, 0.2) is 24.3 Å². The number of para-hydroxylation sites is 1. The first-order valence-corrected chi connectivity index (χ1v) is 4.34. The zero-order valence-corrected chi connectivity index (χ0v) is 7.33. The third-order valence-corrected chi connectivity index (χ3v) is 2.52. The van der Waals surface area contributed by atoms with E-state index in [0.717, 1.165) is 13.0 Å². The quantitative estimate of drug-likeness (QED) is 0.626. The molecule has 1 heterocycles. The van der Waals surface area contributed by atoms with Gasteiger partial charge in [-0.1, -0.05) is 18.2 Å². The average Bonchev–Trinajstić information content (AvgIpc) is 2.12. The number of benzene rings is 1. The van der Waals surface area contributed by atoms with Gasteiger partial charge in [0.25, 0.3) is 0 Å². The van der Waals surface area contributed by atoms with Crippen LogP contribution in [0.5, 0.6) is 0 Å². The lowest BCUT2D eigenvalue weighted by Gasteiger charge is -2.31. The van der Waals surface area contributed by atoms with Crippen LogP contribution in [0.2, 0.25) is 0 Å². The Labute approximate surface area is 73.0 Å². The molecule has 0 saturated heterocycles. The van der Waals surface area contributed by atoms with Gasteiger partial charge in [-0.2, -0.15) is 0 Å². The smallest absolute Gasteiger partial charge is 0.0412 e. The molecule has 2 N–H and O–H groups in total. The monoisotopic (exact) mass is 162 g/mol. The van der Waals surface area contributed by atoms with Gasteiger partial charge >= 0.3 is 0 Å². The Hall–Kier alpha value is -1.02. The van der Waals surface area contributed by atoms with Crippen molar-refractivity contribution in [2.45, 2.75) is 12.5 Å². The second-order valence-corrected chi connectivity index (χ2v) is 3.38. The molecule has 0 aliphatic carbocycles. The second-order valence-electron chi connectivity index (χ2n) is 3.38. The van der Waals surface area contributed by atoms with Crippen LogP contribution in [-0.2, 0) is 0 Å². The van der Waals surface area contributed by atoms with Crippen LogP contribution in [0.3, 0.4) is 0 Å². The highest BCUT2D eigenvalue weighted by molar-refractivity contribution is 5.56. The minimum atomic E-state index is 0.234. The molecule has 1 atom stereocenters. The van der Waals surface area contributed by atoms with Gasteiger partial charge in [-0.15, -0.1) is 0 Å². The van der Waals surface area contributed by atoms with E-state index in [1.54, 1.807) is 0 Å². The number of hydrogen-bond acceptors (Lipinski definition) is 2. The Morgan fingerprint density at radius 2 is 2.17 bits per heavy atom. The molecule has 0 unspecified atom stereocenters. The fraction of sp³-hybridized carbons (Fsp3) is 0.400. The molecule has 2 nitrogen and oxygen atoms in total. The van der Waals surface area contributed by atoms with Crippen LogP contribution in [-0.4, -0.2) is 13.6 Å². The lowest BCUT2D eigenvalue weighted by atomic mass is 9.98. The van der Waals surface area contributed by atoms with Crippen LogP contribution in [0.4, 0.5) is 5.69 Å². The van der Waals surface area contributed by atoms with E-state index in [-0.39, 0.29) is 6.04 Å². The van der Waals surface area contributed by atoms with Crippen LogP contribution < -0.4 is 10.6 Å². The molecule has 0 bridgehead atoms. The first-order valence-electron chi connectivity index (χ1n) is 4.34. The molecule has 1 aliphatic heterocycles. The Bertz CT molecular complexity index is 254. The fourth-order valence-corrected chi connectivity index (χ4v) is 1.76. The maximum absolute atomic E-state index is 5.98. The largest absolute Gasteiger partial charge is 0.374 e. The molecule has 2 rings (SSSR count). The summed E-state index contributed by atoms with van der Waals surface area (Å²) in [5.74, 6) is 0. The first kappa shape index (κ1) is 7.62.